The standard InChI is InChI=1S/C12H15NO5/c1-3-4-11(12(14)15)18-10-6-5-8(2)7-9(10)13(16)17/h5-7,11H,3-4H2,1-2H3,(H,14,15). The van der Waals surface area contributed by atoms with E-state index >= 15 is 0 Å². The second kappa shape index (κ2) is 6.00. The largest absolute Gasteiger partial charge is 0.479 e. The SMILES string of the molecule is CCCC(Oc1ccc(C)cc1[N+](=O)[O-])C(=O)O. The molecule has 0 saturated carbocycles. The molecule has 1 unspecified atom stereocenters. The van der Waals surface area contributed by atoms with Crippen LogP contribution in [-0.4, -0.2) is 22.1 Å². The average Bonchev–Trinajstić information content (AvgIpc) is 2.30. The first-order valence-corrected chi connectivity index (χ1v) is 5.60. The number of aryl methyl sites for hydroxylation is 1. The minimum absolute atomic E-state index is 0.00792. The lowest BCUT2D eigenvalue weighted by Crippen LogP contribution is -2.27. The maximum absolute atomic E-state index is 10.9. The van der Waals surface area contributed by atoms with Gasteiger partial charge in [-0.1, -0.05) is 19.4 Å². The molecule has 0 spiro atoms. The topological polar surface area (TPSA) is 89.7 Å². The molecule has 0 aliphatic rings. The van der Waals surface area contributed by atoms with Gasteiger partial charge in [0.2, 0.25) is 0 Å². The summed E-state index contributed by atoms with van der Waals surface area (Å²) in [5.74, 6) is -1.13. The minimum Gasteiger partial charge on any atom is -0.479 e. The van der Waals surface area contributed by atoms with Crippen molar-refractivity contribution >= 4 is 11.7 Å². The highest BCUT2D eigenvalue weighted by Crippen LogP contribution is 2.29. The van der Waals surface area contributed by atoms with Crippen molar-refractivity contribution in [2.45, 2.75) is 32.8 Å². The number of ether oxygens (including phenoxy) is 1. The van der Waals surface area contributed by atoms with Crippen molar-refractivity contribution in [3.05, 3.63) is 33.9 Å². The Balaban J connectivity index is 3.01. The molecule has 6 heteroatoms. The predicted octanol–water partition coefficient (Wildman–Crippen LogP) is 2.54. The van der Waals surface area contributed by atoms with E-state index in [1.807, 2.05) is 6.92 Å². The lowest BCUT2D eigenvalue weighted by molar-refractivity contribution is -0.386. The first-order valence-electron chi connectivity index (χ1n) is 5.60. The van der Waals surface area contributed by atoms with Crippen LogP contribution in [0.2, 0.25) is 0 Å². The monoisotopic (exact) mass is 253 g/mol. The number of benzene rings is 1. The van der Waals surface area contributed by atoms with Gasteiger partial charge in [0, 0.05) is 6.07 Å². The molecular formula is C12H15NO5. The van der Waals surface area contributed by atoms with Crippen molar-refractivity contribution in [3.8, 4) is 5.75 Å². The van der Waals surface area contributed by atoms with E-state index in [-0.39, 0.29) is 11.4 Å². The van der Waals surface area contributed by atoms with Gasteiger partial charge in [-0.3, -0.25) is 10.1 Å². The van der Waals surface area contributed by atoms with Crippen molar-refractivity contribution < 1.29 is 19.6 Å². The van der Waals surface area contributed by atoms with Crippen LogP contribution in [0.25, 0.3) is 0 Å². The van der Waals surface area contributed by atoms with E-state index in [4.69, 9.17) is 9.84 Å². The van der Waals surface area contributed by atoms with Crippen LogP contribution in [0.15, 0.2) is 18.2 Å². The maximum atomic E-state index is 10.9. The van der Waals surface area contributed by atoms with Gasteiger partial charge < -0.3 is 9.84 Å². The molecule has 0 amide bonds. The molecule has 0 heterocycles. The number of carboxylic acid groups (broad SMARTS) is 1. The van der Waals surface area contributed by atoms with Crippen LogP contribution < -0.4 is 4.74 Å². The Morgan fingerprint density at radius 3 is 2.72 bits per heavy atom. The van der Waals surface area contributed by atoms with Crippen LogP contribution in [0.3, 0.4) is 0 Å². The van der Waals surface area contributed by atoms with Crippen molar-refractivity contribution in [1.29, 1.82) is 0 Å². The van der Waals surface area contributed by atoms with E-state index in [9.17, 15) is 14.9 Å². The Labute approximate surface area is 104 Å². The number of carbonyl (C=O) groups is 1. The molecule has 0 radical (unpaired) electrons. The number of hydrogen-bond donors (Lipinski definition) is 1. The smallest absolute Gasteiger partial charge is 0.344 e. The normalized spacial score (nSPS) is 11.9. The number of carboxylic acids is 1. The van der Waals surface area contributed by atoms with Crippen LogP contribution in [0.1, 0.15) is 25.3 Å². The van der Waals surface area contributed by atoms with Crippen molar-refractivity contribution in [2.24, 2.45) is 0 Å². The number of hydrogen-bond acceptors (Lipinski definition) is 4. The fraction of sp³-hybridized carbons (Fsp3) is 0.417. The van der Waals surface area contributed by atoms with Crippen LogP contribution in [0.4, 0.5) is 5.69 Å². The summed E-state index contributed by atoms with van der Waals surface area (Å²) >= 11 is 0. The lowest BCUT2D eigenvalue weighted by Gasteiger charge is -2.14. The molecule has 18 heavy (non-hydrogen) atoms. The molecule has 0 bridgehead atoms. The van der Waals surface area contributed by atoms with E-state index in [0.717, 1.165) is 5.56 Å². The Morgan fingerprint density at radius 1 is 1.56 bits per heavy atom. The van der Waals surface area contributed by atoms with E-state index in [2.05, 4.69) is 0 Å². The highest BCUT2D eigenvalue weighted by Gasteiger charge is 2.23. The Morgan fingerprint density at radius 2 is 2.22 bits per heavy atom. The van der Waals surface area contributed by atoms with Crippen molar-refractivity contribution in [1.82, 2.24) is 0 Å². The zero-order chi connectivity index (χ0) is 13.7. The van der Waals surface area contributed by atoms with Gasteiger partial charge in [-0.15, -0.1) is 0 Å². The second-order valence-electron chi connectivity index (χ2n) is 3.96. The molecule has 98 valence electrons. The van der Waals surface area contributed by atoms with Crippen LogP contribution in [-0.2, 0) is 4.79 Å². The maximum Gasteiger partial charge on any atom is 0.344 e. The molecule has 0 aliphatic heterocycles. The summed E-state index contributed by atoms with van der Waals surface area (Å²) in [7, 11) is 0. The summed E-state index contributed by atoms with van der Waals surface area (Å²) in [6, 6.07) is 4.44. The summed E-state index contributed by atoms with van der Waals surface area (Å²) in [4.78, 5) is 21.2. The molecule has 1 aromatic carbocycles. The van der Waals surface area contributed by atoms with E-state index in [1.165, 1.54) is 12.1 Å². The molecule has 0 aliphatic carbocycles. The van der Waals surface area contributed by atoms with Gasteiger partial charge in [0.05, 0.1) is 4.92 Å². The van der Waals surface area contributed by atoms with Crippen LogP contribution >= 0.6 is 0 Å². The summed E-state index contributed by atoms with van der Waals surface area (Å²) in [5.41, 5.74) is 0.508. The van der Waals surface area contributed by atoms with Gasteiger partial charge >= 0.3 is 11.7 Å². The fourth-order valence-corrected chi connectivity index (χ4v) is 1.52. The summed E-state index contributed by atoms with van der Waals surface area (Å²) in [6.45, 7) is 3.54. The molecule has 6 nitrogen and oxygen atoms in total. The zero-order valence-electron chi connectivity index (χ0n) is 10.3. The highest BCUT2D eigenvalue weighted by atomic mass is 16.6. The Kier molecular flexibility index (Phi) is 4.65. The van der Waals surface area contributed by atoms with Gasteiger partial charge in [-0.2, -0.15) is 0 Å². The van der Waals surface area contributed by atoms with E-state index in [0.29, 0.717) is 12.8 Å². The van der Waals surface area contributed by atoms with E-state index < -0.39 is 17.0 Å². The Hall–Kier alpha value is -2.11. The van der Waals surface area contributed by atoms with Gasteiger partial charge in [-0.25, -0.2) is 4.79 Å². The lowest BCUT2D eigenvalue weighted by atomic mass is 10.2. The van der Waals surface area contributed by atoms with Crippen molar-refractivity contribution in [3.63, 3.8) is 0 Å². The van der Waals surface area contributed by atoms with Crippen molar-refractivity contribution in [2.75, 3.05) is 0 Å². The molecule has 0 saturated heterocycles. The van der Waals surface area contributed by atoms with Crippen LogP contribution in [0, 0.1) is 17.0 Å². The van der Waals surface area contributed by atoms with Gasteiger partial charge in [0.15, 0.2) is 11.9 Å². The van der Waals surface area contributed by atoms with E-state index in [1.54, 1.807) is 13.0 Å². The van der Waals surface area contributed by atoms with Gasteiger partial charge in [0.25, 0.3) is 0 Å². The summed E-state index contributed by atoms with van der Waals surface area (Å²) in [5, 5.41) is 19.8. The molecule has 0 aromatic heterocycles. The zero-order valence-corrected chi connectivity index (χ0v) is 10.3. The third-order valence-corrected chi connectivity index (χ3v) is 2.41. The molecule has 1 aromatic rings. The number of nitro groups is 1. The number of nitrogens with zero attached hydrogens (tertiary/aromatic N) is 1. The number of aliphatic carboxylic acids is 1. The quantitative estimate of drug-likeness (QED) is 0.621. The number of nitro benzene ring substituents is 1. The van der Waals surface area contributed by atoms with Crippen LogP contribution in [0.5, 0.6) is 5.75 Å². The molecule has 1 N–H and O–H groups in total. The van der Waals surface area contributed by atoms with Gasteiger partial charge in [0.1, 0.15) is 0 Å². The summed E-state index contributed by atoms with van der Waals surface area (Å²) in [6.07, 6.45) is -0.131. The summed E-state index contributed by atoms with van der Waals surface area (Å²) < 4.78 is 5.22. The molecule has 1 atom stereocenters. The first-order chi connectivity index (χ1) is 8.45. The molecular weight excluding hydrogens is 238 g/mol. The first kappa shape index (κ1) is 14.0. The predicted molar refractivity (Wildman–Crippen MR) is 64.8 cm³/mol. The Bertz CT molecular complexity index is 458. The molecule has 0 fully saturated rings. The highest BCUT2D eigenvalue weighted by molar-refractivity contribution is 5.73. The third-order valence-electron chi connectivity index (χ3n) is 2.41. The average molecular weight is 253 g/mol. The second-order valence-corrected chi connectivity index (χ2v) is 3.96. The minimum atomic E-state index is -1.12. The number of rotatable bonds is 6. The fourth-order valence-electron chi connectivity index (χ4n) is 1.52. The third kappa shape index (κ3) is 3.44. The molecule has 1 rings (SSSR count). The van der Waals surface area contributed by atoms with Gasteiger partial charge in [-0.05, 0) is 25.0 Å².